The molecule has 1 saturated heterocycles. The average molecular weight is 437 g/mol. The Balaban J connectivity index is 1.37. The molecule has 0 radical (unpaired) electrons. The molecule has 1 saturated carbocycles. The van der Waals surface area contributed by atoms with Gasteiger partial charge in [0.25, 0.3) is 0 Å². The number of benzene rings is 1. The molecule has 1 aromatic heterocycles. The Morgan fingerprint density at radius 2 is 1.81 bits per heavy atom. The lowest BCUT2D eigenvalue weighted by atomic mass is 9.94. The second kappa shape index (κ2) is 9.26. The highest BCUT2D eigenvalue weighted by Crippen LogP contribution is 2.34. The van der Waals surface area contributed by atoms with E-state index in [1.807, 2.05) is 4.90 Å². The smallest absolute Gasteiger partial charge is 0.228 e. The van der Waals surface area contributed by atoms with Gasteiger partial charge in [0.05, 0.1) is 0 Å². The van der Waals surface area contributed by atoms with Gasteiger partial charge in [-0.2, -0.15) is 0 Å². The Bertz CT molecular complexity index is 971. The summed E-state index contributed by atoms with van der Waals surface area (Å²) in [5.74, 6) is 1.94. The van der Waals surface area contributed by atoms with Crippen LogP contribution in [0.25, 0.3) is 0 Å². The van der Waals surface area contributed by atoms with Crippen molar-refractivity contribution in [3.05, 3.63) is 52.7 Å². The van der Waals surface area contributed by atoms with Crippen LogP contribution in [0.5, 0.6) is 0 Å². The summed E-state index contributed by atoms with van der Waals surface area (Å²) in [5, 5.41) is 0. The summed E-state index contributed by atoms with van der Waals surface area (Å²) < 4.78 is 13.2. The molecule has 6 heteroatoms. The number of carbonyl (C=O) groups excluding carboxylic acids is 1. The molecule has 0 bridgehead atoms. The molecule has 0 unspecified atom stereocenters. The van der Waals surface area contributed by atoms with E-state index in [0.29, 0.717) is 31.7 Å². The fourth-order valence-electron chi connectivity index (χ4n) is 5.73. The summed E-state index contributed by atoms with van der Waals surface area (Å²) in [4.78, 5) is 27.3. The van der Waals surface area contributed by atoms with Crippen LogP contribution in [-0.2, 0) is 17.6 Å². The Morgan fingerprint density at radius 3 is 2.59 bits per heavy atom. The highest BCUT2D eigenvalue weighted by atomic mass is 19.1. The summed E-state index contributed by atoms with van der Waals surface area (Å²) in [7, 11) is 0. The number of rotatable bonds is 5. The Hall–Kier alpha value is -2.34. The summed E-state index contributed by atoms with van der Waals surface area (Å²) in [6.07, 6.45) is 9.55. The van der Waals surface area contributed by atoms with Crippen LogP contribution in [0.4, 0.5) is 10.2 Å². The molecule has 2 aromatic rings. The Morgan fingerprint density at radius 1 is 1.03 bits per heavy atom. The van der Waals surface area contributed by atoms with Crippen molar-refractivity contribution in [1.82, 2.24) is 14.9 Å². The van der Waals surface area contributed by atoms with Crippen molar-refractivity contribution in [2.75, 3.05) is 24.5 Å². The van der Waals surface area contributed by atoms with E-state index in [4.69, 9.17) is 9.97 Å². The van der Waals surface area contributed by atoms with E-state index in [9.17, 15) is 9.18 Å². The van der Waals surface area contributed by atoms with Crippen molar-refractivity contribution in [3.8, 4) is 0 Å². The third-order valence-corrected chi connectivity index (χ3v) is 7.55. The fourth-order valence-corrected chi connectivity index (χ4v) is 5.73. The lowest BCUT2D eigenvalue weighted by Crippen LogP contribution is -2.42. The maximum Gasteiger partial charge on any atom is 0.228 e. The molecule has 2 fully saturated rings. The van der Waals surface area contributed by atoms with Gasteiger partial charge in [-0.3, -0.25) is 14.6 Å². The van der Waals surface area contributed by atoms with Crippen LogP contribution in [0.1, 0.15) is 73.5 Å². The quantitative estimate of drug-likeness (QED) is 0.689. The number of likely N-dealkylation sites (tertiary alicyclic amines) is 1. The second-order valence-corrected chi connectivity index (χ2v) is 9.66. The summed E-state index contributed by atoms with van der Waals surface area (Å²) in [5.41, 5.74) is 3.15. The first kappa shape index (κ1) is 21.5. The zero-order valence-corrected chi connectivity index (χ0v) is 19.0. The van der Waals surface area contributed by atoms with Crippen LogP contribution in [0.15, 0.2) is 24.3 Å². The molecule has 1 atom stereocenters. The van der Waals surface area contributed by atoms with E-state index >= 15 is 0 Å². The fraction of sp³-hybridized carbons (Fsp3) is 0.577. The van der Waals surface area contributed by atoms with E-state index in [-0.39, 0.29) is 11.7 Å². The van der Waals surface area contributed by atoms with Gasteiger partial charge in [-0.25, -0.2) is 14.4 Å². The largest absolute Gasteiger partial charge is 0.300 e. The minimum atomic E-state index is -0.236. The molecule has 0 spiro atoms. The molecule has 5 nitrogen and oxygen atoms in total. The SMILES string of the molecule is Cc1nc([C@@H]2CCCN(C3CCCC3)C2)nc2c1CCC(=O)N2CCc1ccc(F)cc1. The Kier molecular flexibility index (Phi) is 6.22. The first-order chi connectivity index (χ1) is 15.6. The van der Waals surface area contributed by atoms with E-state index in [1.165, 1.54) is 50.8 Å². The molecule has 0 N–H and O–H groups in total. The van der Waals surface area contributed by atoms with Crippen LogP contribution in [0, 0.1) is 12.7 Å². The number of anilines is 1. The number of piperidine rings is 1. The van der Waals surface area contributed by atoms with E-state index in [0.717, 1.165) is 47.5 Å². The van der Waals surface area contributed by atoms with Gasteiger partial charge in [-0.15, -0.1) is 0 Å². The topological polar surface area (TPSA) is 49.3 Å². The average Bonchev–Trinajstić information content (AvgIpc) is 3.35. The van der Waals surface area contributed by atoms with Crippen molar-refractivity contribution in [3.63, 3.8) is 0 Å². The molecule has 2 aliphatic heterocycles. The molecule has 32 heavy (non-hydrogen) atoms. The number of hydrogen-bond donors (Lipinski definition) is 0. The molecule has 3 aliphatic rings. The maximum absolute atomic E-state index is 13.2. The normalized spacial score (nSPS) is 22.4. The molecular weight excluding hydrogens is 403 g/mol. The first-order valence-corrected chi connectivity index (χ1v) is 12.2. The van der Waals surface area contributed by atoms with Gasteiger partial charge in [0.1, 0.15) is 17.5 Å². The molecule has 5 rings (SSSR count). The van der Waals surface area contributed by atoms with Gasteiger partial charge in [-0.1, -0.05) is 25.0 Å². The number of aryl methyl sites for hydroxylation is 1. The predicted octanol–water partition coefficient (Wildman–Crippen LogP) is 4.57. The van der Waals surface area contributed by atoms with Gasteiger partial charge < -0.3 is 0 Å². The summed E-state index contributed by atoms with van der Waals surface area (Å²) in [6, 6.07) is 7.27. The number of halogens is 1. The predicted molar refractivity (Wildman–Crippen MR) is 123 cm³/mol. The zero-order valence-electron chi connectivity index (χ0n) is 19.0. The van der Waals surface area contributed by atoms with E-state index in [2.05, 4.69) is 11.8 Å². The maximum atomic E-state index is 13.2. The number of nitrogens with zero attached hydrogens (tertiary/aromatic N) is 4. The van der Waals surface area contributed by atoms with Crippen LogP contribution < -0.4 is 4.90 Å². The third-order valence-electron chi connectivity index (χ3n) is 7.55. The van der Waals surface area contributed by atoms with Gasteiger partial charge >= 0.3 is 0 Å². The highest BCUT2D eigenvalue weighted by Gasteiger charge is 2.32. The standard InChI is InChI=1S/C26H33FN4O/c1-18-23-12-13-24(32)31(16-14-19-8-10-21(27)11-9-19)26(23)29-25(28-18)20-5-4-15-30(17-20)22-6-2-3-7-22/h8-11,20,22H,2-7,12-17H2,1H3/t20-/m1/s1. The molecule has 3 heterocycles. The van der Waals surface area contributed by atoms with Crippen LogP contribution >= 0.6 is 0 Å². The monoisotopic (exact) mass is 436 g/mol. The van der Waals surface area contributed by atoms with Gasteiger partial charge in [0.2, 0.25) is 5.91 Å². The number of carbonyl (C=O) groups is 1. The minimum Gasteiger partial charge on any atom is -0.300 e. The lowest BCUT2D eigenvalue weighted by molar-refractivity contribution is -0.118. The third kappa shape index (κ3) is 4.42. The highest BCUT2D eigenvalue weighted by molar-refractivity contribution is 5.95. The lowest BCUT2D eigenvalue weighted by Gasteiger charge is -2.37. The van der Waals surface area contributed by atoms with Gasteiger partial charge in [-0.05, 0) is 69.7 Å². The molecule has 1 aromatic carbocycles. The van der Waals surface area contributed by atoms with Crippen molar-refractivity contribution >= 4 is 11.7 Å². The molecule has 170 valence electrons. The number of fused-ring (bicyclic) bond motifs is 1. The minimum absolute atomic E-state index is 0.125. The number of aromatic nitrogens is 2. The number of hydrogen-bond acceptors (Lipinski definition) is 4. The van der Waals surface area contributed by atoms with E-state index < -0.39 is 0 Å². The van der Waals surface area contributed by atoms with Crippen molar-refractivity contribution in [1.29, 1.82) is 0 Å². The van der Waals surface area contributed by atoms with Gasteiger partial charge in [0.15, 0.2) is 0 Å². The molecular formula is C26H33FN4O. The van der Waals surface area contributed by atoms with Gasteiger partial charge in [0, 0.05) is 42.7 Å². The Labute approximate surface area is 190 Å². The summed E-state index contributed by atoms with van der Waals surface area (Å²) >= 11 is 0. The molecule has 1 aliphatic carbocycles. The van der Waals surface area contributed by atoms with Crippen molar-refractivity contribution < 1.29 is 9.18 Å². The second-order valence-electron chi connectivity index (χ2n) is 9.66. The first-order valence-electron chi connectivity index (χ1n) is 12.2. The molecule has 1 amide bonds. The van der Waals surface area contributed by atoms with Crippen molar-refractivity contribution in [2.45, 2.75) is 76.7 Å². The number of amides is 1. The van der Waals surface area contributed by atoms with Crippen LogP contribution in [0.2, 0.25) is 0 Å². The zero-order chi connectivity index (χ0) is 22.1. The van der Waals surface area contributed by atoms with Crippen LogP contribution in [0.3, 0.4) is 0 Å². The van der Waals surface area contributed by atoms with Crippen molar-refractivity contribution in [2.24, 2.45) is 0 Å². The van der Waals surface area contributed by atoms with E-state index in [1.54, 1.807) is 12.1 Å². The summed E-state index contributed by atoms with van der Waals surface area (Å²) in [6.45, 7) is 4.85. The van der Waals surface area contributed by atoms with Crippen LogP contribution in [-0.4, -0.2) is 46.5 Å².